The Morgan fingerprint density at radius 3 is 2.41 bits per heavy atom. The number of rotatable bonds is 4. The molecule has 1 aliphatic heterocycles. The highest BCUT2D eigenvalue weighted by Crippen LogP contribution is 2.27. The van der Waals surface area contributed by atoms with E-state index in [1.54, 1.807) is 49.2 Å². The van der Waals surface area contributed by atoms with E-state index in [4.69, 9.17) is 0 Å². The van der Waals surface area contributed by atoms with Gasteiger partial charge in [0.25, 0.3) is 5.56 Å². The number of aromatic hydroxyl groups is 1. The monoisotopic (exact) mass is 456 g/mol. The number of amides is 1. The molecule has 1 N–H and O–H groups in total. The number of hydrogen-bond acceptors (Lipinski definition) is 6. The number of carbonyl (C=O) groups is 1. The molecule has 4 rings (SSSR count). The van der Waals surface area contributed by atoms with Crippen LogP contribution in [-0.4, -0.2) is 64.6 Å². The summed E-state index contributed by atoms with van der Waals surface area (Å²) in [5.74, 6) is -0.474. The lowest BCUT2D eigenvalue weighted by Gasteiger charge is -2.34. The Kier molecular flexibility index (Phi) is 5.74. The van der Waals surface area contributed by atoms with Gasteiger partial charge in [0.15, 0.2) is 0 Å². The minimum Gasteiger partial charge on any atom is -0.507 e. The summed E-state index contributed by atoms with van der Waals surface area (Å²) in [6.45, 7) is 2.47. The summed E-state index contributed by atoms with van der Waals surface area (Å²) in [4.78, 5) is 26.7. The molecule has 1 aliphatic rings. The van der Waals surface area contributed by atoms with E-state index in [0.29, 0.717) is 16.5 Å². The van der Waals surface area contributed by atoms with Gasteiger partial charge in [-0.1, -0.05) is 24.3 Å². The van der Waals surface area contributed by atoms with Gasteiger partial charge in [0.1, 0.15) is 10.6 Å². The highest BCUT2D eigenvalue weighted by atomic mass is 32.2. The standard InChI is InChI=1S/C22H24N4O5S/c1-15-7-8-19(27)20(13-15)32(30,31)26-11-9-25(10-12-26)21(28)14-18-16-5-3-4-6-17(16)22(29)24(2)23-18/h3-8,13,27H,9-12,14H2,1-2H3. The van der Waals surface area contributed by atoms with Crippen LogP contribution < -0.4 is 5.56 Å². The van der Waals surface area contributed by atoms with Crippen molar-refractivity contribution in [3.8, 4) is 5.75 Å². The fourth-order valence-corrected chi connectivity index (χ4v) is 5.50. The summed E-state index contributed by atoms with van der Waals surface area (Å²) >= 11 is 0. The molecule has 0 spiro atoms. The number of phenolic OH excluding ortho intramolecular Hbond substituents is 1. The van der Waals surface area contributed by atoms with Crippen LogP contribution in [0.25, 0.3) is 10.8 Å². The highest BCUT2D eigenvalue weighted by molar-refractivity contribution is 7.89. The maximum Gasteiger partial charge on any atom is 0.274 e. The normalized spacial score (nSPS) is 15.2. The second-order valence-corrected chi connectivity index (χ2v) is 9.76. The number of nitrogens with zero attached hydrogens (tertiary/aromatic N) is 4. The fraction of sp³-hybridized carbons (Fsp3) is 0.318. The molecule has 0 unspecified atom stereocenters. The maximum atomic E-state index is 13.0. The van der Waals surface area contributed by atoms with Gasteiger partial charge in [-0.25, -0.2) is 13.1 Å². The number of carbonyl (C=O) groups excluding carboxylic acids is 1. The molecule has 0 saturated carbocycles. The molecule has 9 nitrogen and oxygen atoms in total. The van der Waals surface area contributed by atoms with Gasteiger partial charge in [0.05, 0.1) is 17.5 Å². The third kappa shape index (κ3) is 3.98. The Labute approximate surface area is 185 Å². The van der Waals surface area contributed by atoms with Crippen LogP contribution in [0.15, 0.2) is 52.2 Å². The Balaban J connectivity index is 1.49. The zero-order chi connectivity index (χ0) is 23.0. The summed E-state index contributed by atoms with van der Waals surface area (Å²) < 4.78 is 28.4. The van der Waals surface area contributed by atoms with E-state index in [9.17, 15) is 23.1 Å². The van der Waals surface area contributed by atoms with Crippen molar-refractivity contribution in [2.45, 2.75) is 18.2 Å². The van der Waals surface area contributed by atoms with E-state index in [1.165, 1.54) is 21.1 Å². The van der Waals surface area contributed by atoms with Crippen molar-refractivity contribution >= 4 is 26.7 Å². The van der Waals surface area contributed by atoms with Gasteiger partial charge < -0.3 is 10.0 Å². The van der Waals surface area contributed by atoms with Crippen LogP contribution in [0.4, 0.5) is 0 Å². The summed E-state index contributed by atoms with van der Waals surface area (Å²) in [5.41, 5.74) is 1.01. The number of piperazine rings is 1. The summed E-state index contributed by atoms with van der Waals surface area (Å²) in [5, 5.41) is 15.4. The van der Waals surface area contributed by atoms with Gasteiger partial charge in [-0.05, 0) is 30.7 Å². The van der Waals surface area contributed by atoms with E-state index in [0.717, 1.165) is 5.56 Å². The topological polar surface area (TPSA) is 113 Å². The number of hydrogen-bond donors (Lipinski definition) is 1. The lowest BCUT2D eigenvalue weighted by atomic mass is 10.1. The van der Waals surface area contributed by atoms with E-state index >= 15 is 0 Å². The minimum atomic E-state index is -3.87. The van der Waals surface area contributed by atoms with Crippen molar-refractivity contribution in [2.75, 3.05) is 26.2 Å². The Morgan fingerprint density at radius 2 is 1.72 bits per heavy atom. The van der Waals surface area contributed by atoms with Gasteiger partial charge in [0, 0.05) is 38.6 Å². The van der Waals surface area contributed by atoms with Crippen LogP contribution in [0, 0.1) is 6.92 Å². The first kappa shape index (κ1) is 22.0. The third-order valence-electron chi connectivity index (χ3n) is 5.68. The quantitative estimate of drug-likeness (QED) is 0.627. The summed E-state index contributed by atoms with van der Waals surface area (Å²) in [6.07, 6.45) is 0.0139. The first-order chi connectivity index (χ1) is 15.2. The molecule has 1 aromatic heterocycles. The second-order valence-electron chi connectivity index (χ2n) is 7.85. The smallest absolute Gasteiger partial charge is 0.274 e. The number of fused-ring (bicyclic) bond motifs is 1. The van der Waals surface area contributed by atoms with E-state index < -0.39 is 10.0 Å². The summed E-state index contributed by atoms with van der Waals surface area (Å²) in [7, 11) is -2.32. The highest BCUT2D eigenvalue weighted by Gasteiger charge is 2.32. The maximum absolute atomic E-state index is 13.0. The zero-order valence-corrected chi connectivity index (χ0v) is 18.7. The fourth-order valence-electron chi connectivity index (χ4n) is 3.91. The van der Waals surface area contributed by atoms with Gasteiger partial charge in [-0.15, -0.1) is 0 Å². The number of aromatic nitrogens is 2. The number of sulfonamides is 1. The lowest BCUT2D eigenvalue weighted by molar-refractivity contribution is -0.131. The molecule has 0 bridgehead atoms. The first-order valence-corrected chi connectivity index (χ1v) is 11.6. The van der Waals surface area contributed by atoms with Crippen LogP contribution in [0.1, 0.15) is 11.3 Å². The largest absolute Gasteiger partial charge is 0.507 e. The van der Waals surface area contributed by atoms with E-state index in [2.05, 4.69) is 5.10 Å². The zero-order valence-electron chi connectivity index (χ0n) is 17.9. The van der Waals surface area contributed by atoms with Crippen molar-refractivity contribution in [1.82, 2.24) is 19.0 Å². The molecule has 2 heterocycles. The van der Waals surface area contributed by atoms with Gasteiger partial charge in [0.2, 0.25) is 15.9 Å². The van der Waals surface area contributed by atoms with Crippen molar-refractivity contribution in [1.29, 1.82) is 0 Å². The molecule has 0 aliphatic carbocycles. The molecule has 168 valence electrons. The van der Waals surface area contributed by atoms with Crippen molar-refractivity contribution in [2.24, 2.45) is 7.05 Å². The Hall–Kier alpha value is -3.24. The number of aryl methyl sites for hydroxylation is 2. The van der Waals surface area contributed by atoms with Crippen LogP contribution in [0.5, 0.6) is 5.75 Å². The Morgan fingerprint density at radius 1 is 1.06 bits per heavy atom. The van der Waals surface area contributed by atoms with E-state index in [-0.39, 0.29) is 54.7 Å². The molecule has 1 fully saturated rings. The Bertz CT molecular complexity index is 1360. The van der Waals surface area contributed by atoms with Crippen LogP contribution >= 0.6 is 0 Å². The van der Waals surface area contributed by atoms with Crippen LogP contribution in [0.2, 0.25) is 0 Å². The van der Waals surface area contributed by atoms with Crippen molar-refractivity contribution in [3.63, 3.8) is 0 Å². The summed E-state index contributed by atoms with van der Waals surface area (Å²) in [6, 6.07) is 11.5. The third-order valence-corrected chi connectivity index (χ3v) is 7.60. The second kappa shape index (κ2) is 8.36. The lowest BCUT2D eigenvalue weighted by Crippen LogP contribution is -2.51. The molecule has 10 heteroatoms. The molecule has 1 amide bonds. The average Bonchev–Trinajstić information content (AvgIpc) is 2.79. The van der Waals surface area contributed by atoms with Gasteiger partial charge in [-0.3, -0.25) is 9.59 Å². The number of benzene rings is 2. The molecule has 3 aromatic rings. The molecule has 2 aromatic carbocycles. The predicted octanol–water partition coefficient (Wildman–Crippen LogP) is 1.02. The van der Waals surface area contributed by atoms with Crippen molar-refractivity contribution in [3.05, 3.63) is 64.1 Å². The molecule has 1 saturated heterocycles. The van der Waals surface area contributed by atoms with Crippen LogP contribution in [-0.2, 0) is 28.3 Å². The van der Waals surface area contributed by atoms with Gasteiger partial charge in [-0.2, -0.15) is 9.40 Å². The molecule has 0 radical (unpaired) electrons. The van der Waals surface area contributed by atoms with E-state index in [1.807, 2.05) is 0 Å². The average molecular weight is 457 g/mol. The molecule has 32 heavy (non-hydrogen) atoms. The molecular weight excluding hydrogens is 432 g/mol. The van der Waals surface area contributed by atoms with Crippen LogP contribution in [0.3, 0.4) is 0 Å². The SMILES string of the molecule is Cc1ccc(O)c(S(=O)(=O)N2CCN(C(=O)Cc3nn(C)c(=O)c4ccccc34)CC2)c1. The molecular formula is C22H24N4O5S. The minimum absolute atomic E-state index is 0.0139. The van der Waals surface area contributed by atoms with Crippen molar-refractivity contribution < 1.29 is 18.3 Å². The predicted molar refractivity (Wildman–Crippen MR) is 119 cm³/mol. The molecule has 0 atom stereocenters. The first-order valence-electron chi connectivity index (χ1n) is 10.2. The number of phenols is 1. The van der Waals surface area contributed by atoms with Gasteiger partial charge >= 0.3 is 0 Å².